The van der Waals surface area contributed by atoms with Crippen LogP contribution in [0.15, 0.2) is 36.4 Å². The molecule has 0 bridgehead atoms. The third kappa shape index (κ3) is 7.79. The summed E-state index contributed by atoms with van der Waals surface area (Å²) >= 11 is 0. The molecule has 28 heavy (non-hydrogen) atoms. The number of hydrogen-bond donors (Lipinski definition) is 2. The van der Waals surface area contributed by atoms with Gasteiger partial charge in [0.2, 0.25) is 11.1 Å². The van der Waals surface area contributed by atoms with E-state index in [9.17, 15) is 0 Å². The summed E-state index contributed by atoms with van der Waals surface area (Å²) in [5, 5.41) is 9.17. The summed E-state index contributed by atoms with van der Waals surface area (Å²) in [6, 6.07) is 11.3. The molecule has 0 aliphatic rings. The highest BCUT2D eigenvalue weighted by Gasteiger charge is 2.21. The zero-order valence-corrected chi connectivity index (χ0v) is 16.6. The van der Waals surface area contributed by atoms with Gasteiger partial charge in [-0.25, -0.2) is 0 Å². The molecule has 0 radical (unpaired) electrons. The minimum absolute atomic E-state index is 0.352. The number of hydrogen-bond acceptors (Lipinski definition) is 6. The molecule has 0 heterocycles. The molecule has 2 rings (SSSR count). The van der Waals surface area contributed by atoms with Gasteiger partial charge in [0.1, 0.15) is 11.5 Å². The van der Waals surface area contributed by atoms with Crippen LogP contribution in [0.2, 0.25) is 0 Å². The predicted molar refractivity (Wildman–Crippen MR) is 104 cm³/mol. The van der Waals surface area contributed by atoms with Crippen molar-refractivity contribution in [2.24, 2.45) is 0 Å². The van der Waals surface area contributed by atoms with Gasteiger partial charge >= 0.3 is 16.1 Å². The van der Waals surface area contributed by atoms with E-state index in [2.05, 4.69) is 4.98 Å². The minimum Gasteiger partial charge on any atom is -0.494 e. The third-order valence-electron chi connectivity index (χ3n) is 3.24. The van der Waals surface area contributed by atoms with E-state index in [1.807, 2.05) is 51.1 Å². The van der Waals surface area contributed by atoms with E-state index in [1.165, 1.54) is 0 Å². The Kier molecular flexibility index (Phi) is 9.17. The first-order valence-electron chi connectivity index (χ1n) is 8.45. The molecular weight excluding hydrogens is 388 g/mol. The Bertz CT molecular complexity index is 899. The Morgan fingerprint density at radius 1 is 0.893 bits per heavy atom. The van der Waals surface area contributed by atoms with Gasteiger partial charge in [-0.15, -0.1) is 0 Å². The lowest BCUT2D eigenvalue weighted by Gasteiger charge is -2.12. The Morgan fingerprint density at radius 2 is 1.39 bits per heavy atom. The summed E-state index contributed by atoms with van der Waals surface area (Å²) in [6.07, 6.45) is 0. The number of rotatable bonds is 7. The van der Waals surface area contributed by atoms with Crippen LogP contribution < -0.4 is 14.2 Å². The van der Waals surface area contributed by atoms with Crippen LogP contribution in [-0.4, -0.2) is 37.3 Å². The number of nitrogens with zero attached hydrogens (tertiary/aromatic N) is 2. The van der Waals surface area contributed by atoms with Crippen LogP contribution in [0.4, 0.5) is 5.69 Å². The van der Waals surface area contributed by atoms with Gasteiger partial charge in [-0.3, -0.25) is 9.11 Å². The van der Waals surface area contributed by atoms with Crippen LogP contribution in [0.1, 0.15) is 20.8 Å². The molecule has 0 aromatic heterocycles. The van der Waals surface area contributed by atoms with E-state index < -0.39 is 10.4 Å². The average Bonchev–Trinajstić information content (AvgIpc) is 2.62. The summed E-state index contributed by atoms with van der Waals surface area (Å²) in [7, 11) is -4.67. The van der Waals surface area contributed by atoms with E-state index in [4.69, 9.17) is 37.1 Å². The molecule has 152 valence electrons. The summed E-state index contributed by atoms with van der Waals surface area (Å²) in [5.41, 5.74) is 2.21. The van der Waals surface area contributed by atoms with Crippen molar-refractivity contribution in [3.8, 4) is 28.4 Å². The van der Waals surface area contributed by atoms with Crippen LogP contribution >= 0.6 is 0 Å². The summed E-state index contributed by atoms with van der Waals surface area (Å²) in [4.78, 5) is 3.28. The highest BCUT2D eigenvalue weighted by atomic mass is 32.3. The first-order valence-corrected chi connectivity index (χ1v) is 9.84. The molecule has 2 aromatic carbocycles. The standard InChI is InChI=1S/C18H21N2O3.H2O4S/c1-4-21-14-9-7-13(8-10-14)15-11-18(23-6-3)16(20-19)12-17(15)22-5-2;1-5(2,3)4/h7-12H,4-6H2,1-3H3;(H2,1,2,3,4)/q+1;. The topological polar surface area (TPSA) is 130 Å². The van der Waals surface area contributed by atoms with E-state index >= 15 is 0 Å². The highest BCUT2D eigenvalue weighted by molar-refractivity contribution is 7.79. The average molecular weight is 411 g/mol. The second kappa shape index (κ2) is 11.1. The van der Waals surface area contributed by atoms with Crippen molar-refractivity contribution in [2.75, 3.05) is 19.8 Å². The molecule has 0 saturated carbocycles. The number of diazo groups is 1. The highest BCUT2D eigenvalue weighted by Crippen LogP contribution is 2.41. The van der Waals surface area contributed by atoms with Gasteiger partial charge in [-0.05, 0) is 38.5 Å². The molecule has 0 atom stereocenters. The molecule has 9 nitrogen and oxygen atoms in total. The zero-order valence-electron chi connectivity index (χ0n) is 15.8. The van der Waals surface area contributed by atoms with Crippen molar-refractivity contribution < 1.29 is 31.7 Å². The van der Waals surface area contributed by atoms with Gasteiger partial charge < -0.3 is 14.2 Å². The third-order valence-corrected chi connectivity index (χ3v) is 3.24. The van der Waals surface area contributed by atoms with Crippen molar-refractivity contribution >= 4 is 16.1 Å². The van der Waals surface area contributed by atoms with Gasteiger partial charge in [0, 0.05) is 11.6 Å². The van der Waals surface area contributed by atoms with E-state index in [0.717, 1.165) is 16.9 Å². The van der Waals surface area contributed by atoms with Crippen molar-refractivity contribution in [3.05, 3.63) is 41.4 Å². The fraction of sp³-hybridized carbons (Fsp3) is 0.333. The van der Waals surface area contributed by atoms with Crippen molar-refractivity contribution in [3.63, 3.8) is 0 Å². The number of benzene rings is 2. The van der Waals surface area contributed by atoms with Gasteiger partial charge in [0.05, 0.1) is 25.9 Å². The lowest BCUT2D eigenvalue weighted by Crippen LogP contribution is -1.97. The summed E-state index contributed by atoms with van der Waals surface area (Å²) in [6.45, 7) is 7.38. The Morgan fingerprint density at radius 3 is 1.86 bits per heavy atom. The minimum atomic E-state index is -4.67. The first kappa shape index (κ1) is 23.2. The Balaban J connectivity index is 0.000000696. The SMILES string of the molecule is CCOc1ccc(-c2cc(OCC)c([N+]#N)cc2OCC)cc1.O=S(=O)(O)O. The molecule has 10 heteroatoms. The maximum absolute atomic E-state index is 9.17. The molecule has 0 saturated heterocycles. The zero-order chi connectivity index (χ0) is 21.2. The summed E-state index contributed by atoms with van der Waals surface area (Å²) < 4.78 is 48.3. The second-order valence-electron chi connectivity index (χ2n) is 5.19. The molecule has 0 spiro atoms. The first-order chi connectivity index (χ1) is 13.2. The normalized spacial score (nSPS) is 10.3. The number of ether oxygens (including phenoxy) is 3. The van der Waals surface area contributed by atoms with Gasteiger partial charge in [-0.2, -0.15) is 8.42 Å². The van der Waals surface area contributed by atoms with E-state index in [-0.39, 0.29) is 0 Å². The molecule has 0 aliphatic carbocycles. The lowest BCUT2D eigenvalue weighted by molar-refractivity contribution is 0.333. The Labute approximate surface area is 164 Å². The molecule has 0 aliphatic heterocycles. The fourth-order valence-corrected chi connectivity index (χ4v) is 2.30. The van der Waals surface area contributed by atoms with Crippen molar-refractivity contribution in [1.82, 2.24) is 0 Å². The van der Waals surface area contributed by atoms with Gasteiger partial charge in [0.25, 0.3) is 0 Å². The van der Waals surface area contributed by atoms with E-state index in [1.54, 1.807) is 6.07 Å². The van der Waals surface area contributed by atoms with Crippen molar-refractivity contribution in [1.29, 1.82) is 5.39 Å². The monoisotopic (exact) mass is 411 g/mol. The molecular formula is C18H23N2O7S+. The lowest BCUT2D eigenvalue weighted by atomic mass is 10.0. The van der Waals surface area contributed by atoms with Crippen LogP contribution in [0.25, 0.3) is 16.1 Å². The molecule has 0 amide bonds. The van der Waals surface area contributed by atoms with Gasteiger partial charge in [-0.1, -0.05) is 12.1 Å². The van der Waals surface area contributed by atoms with E-state index in [0.29, 0.717) is 37.0 Å². The largest absolute Gasteiger partial charge is 0.494 e. The molecule has 2 N–H and O–H groups in total. The van der Waals surface area contributed by atoms with Crippen LogP contribution in [0, 0.1) is 5.39 Å². The second-order valence-corrected chi connectivity index (χ2v) is 6.08. The van der Waals surface area contributed by atoms with Crippen molar-refractivity contribution in [2.45, 2.75) is 20.8 Å². The van der Waals surface area contributed by atoms with Crippen LogP contribution in [-0.2, 0) is 10.4 Å². The Hall–Kier alpha value is -2.87. The quantitative estimate of drug-likeness (QED) is 0.507. The fourth-order valence-electron chi connectivity index (χ4n) is 2.30. The molecule has 0 unspecified atom stereocenters. The maximum Gasteiger partial charge on any atom is 0.430 e. The van der Waals surface area contributed by atoms with Crippen LogP contribution in [0.5, 0.6) is 17.2 Å². The van der Waals surface area contributed by atoms with Crippen LogP contribution in [0.3, 0.4) is 0 Å². The predicted octanol–water partition coefficient (Wildman–Crippen LogP) is 4.38. The smallest absolute Gasteiger partial charge is 0.430 e. The molecule has 2 aromatic rings. The summed E-state index contributed by atoms with van der Waals surface area (Å²) in [5.74, 6) is 1.98. The van der Waals surface area contributed by atoms with Gasteiger partial charge in [0.15, 0.2) is 4.98 Å². The molecule has 0 fully saturated rings. The maximum atomic E-state index is 9.17.